The van der Waals surface area contributed by atoms with E-state index in [4.69, 9.17) is 11.3 Å². The van der Waals surface area contributed by atoms with Gasteiger partial charge in [0.1, 0.15) is 5.58 Å². The van der Waals surface area contributed by atoms with Crippen LogP contribution in [-0.4, -0.2) is 51.2 Å². The van der Waals surface area contributed by atoms with Gasteiger partial charge in [0.2, 0.25) is 0 Å². The van der Waals surface area contributed by atoms with Gasteiger partial charge in [-0.05, 0) is 52.1 Å². The molecule has 0 aliphatic heterocycles. The Morgan fingerprint density at radius 2 is 1.24 bits per heavy atom. The number of benzene rings is 4. The van der Waals surface area contributed by atoms with Crippen LogP contribution in [0, 0.1) is 30.7 Å². The van der Waals surface area contributed by atoms with Gasteiger partial charge in [0.25, 0.3) is 0 Å². The number of pyridine rings is 2. The molecule has 0 atom stereocenters. The van der Waals surface area contributed by atoms with E-state index in [2.05, 4.69) is 157 Å². The maximum atomic E-state index is 8.82. The molecule has 9 rings (SSSR count). The smallest absolute Gasteiger partial charge is 0.500 e. The van der Waals surface area contributed by atoms with Gasteiger partial charge in [0.05, 0.1) is 13.7 Å². The van der Waals surface area contributed by atoms with E-state index in [0.717, 1.165) is 61.3 Å². The van der Waals surface area contributed by atoms with Crippen LogP contribution >= 0.6 is 0 Å². The molecular weight excluding hydrogens is 1110 g/mol. The maximum Gasteiger partial charge on any atom is 3.00 e. The first-order valence-electron chi connectivity index (χ1n) is 26.1. The van der Waals surface area contributed by atoms with Crippen LogP contribution in [0.25, 0.3) is 66.4 Å². The van der Waals surface area contributed by atoms with Crippen molar-refractivity contribution in [2.24, 2.45) is 5.41 Å². The minimum absolute atomic E-state index is 0. The van der Waals surface area contributed by atoms with E-state index in [1.165, 1.54) is 15.6 Å². The molecule has 70 heavy (non-hydrogen) atoms. The predicted octanol–water partition coefficient (Wildman–Crippen LogP) is 14.5. The van der Waals surface area contributed by atoms with E-state index in [1.54, 1.807) is 32.9 Å². The van der Waals surface area contributed by atoms with Crippen molar-refractivity contribution in [2.45, 2.75) is 123 Å². The number of aromatic nitrogens is 6. The van der Waals surface area contributed by atoms with Gasteiger partial charge < -0.3 is 19.4 Å². The molecule has 9 aromatic rings. The minimum atomic E-state index is -2.43. The molecule has 5 aromatic heterocycles. The zero-order valence-corrected chi connectivity index (χ0v) is 48.9. The molecule has 0 aliphatic carbocycles. The van der Waals surface area contributed by atoms with Crippen molar-refractivity contribution >= 4 is 63.6 Å². The van der Waals surface area contributed by atoms with Crippen LogP contribution in [-0.2, 0) is 37.3 Å². The first kappa shape index (κ1) is 47.2. The third kappa shape index (κ3) is 13.2. The van der Waals surface area contributed by atoms with Gasteiger partial charge in [-0.2, -0.15) is 0 Å². The Balaban J connectivity index is 0.000000193. The summed E-state index contributed by atoms with van der Waals surface area (Å²) in [4.78, 5) is 26.6. The van der Waals surface area contributed by atoms with Crippen molar-refractivity contribution in [3.8, 4) is 33.6 Å². The fourth-order valence-electron chi connectivity index (χ4n) is 7.45. The Bertz CT molecular complexity index is 3180. The van der Waals surface area contributed by atoms with Gasteiger partial charge in [-0.1, -0.05) is 156 Å². The van der Waals surface area contributed by atoms with Crippen LogP contribution in [0.3, 0.4) is 0 Å². The van der Waals surface area contributed by atoms with Crippen LogP contribution in [0.15, 0.2) is 120 Å². The minimum Gasteiger partial charge on any atom is -0.500 e. The van der Waals surface area contributed by atoms with E-state index >= 15 is 0 Å². The number of rotatable bonds is 6. The van der Waals surface area contributed by atoms with Gasteiger partial charge >= 0.3 is 144 Å². The summed E-state index contributed by atoms with van der Waals surface area (Å²) in [6.07, 6.45) is 11.8. The molecule has 0 fully saturated rings. The van der Waals surface area contributed by atoms with Gasteiger partial charge in [-0.25, -0.2) is 0 Å². The molecule has 0 N–H and O–H groups in total. The molecule has 4 aromatic carbocycles. The summed E-state index contributed by atoms with van der Waals surface area (Å²) in [5, 5.41) is 5.39. The molecule has 0 saturated heterocycles. The molecule has 0 amide bonds. The van der Waals surface area contributed by atoms with E-state index in [1.807, 2.05) is 67.3 Å². The van der Waals surface area contributed by atoms with Gasteiger partial charge in [-0.15, -0.1) is 23.8 Å². The Morgan fingerprint density at radius 1 is 0.643 bits per heavy atom. The first-order valence-corrected chi connectivity index (χ1v) is 34.4. The molecule has 0 saturated carbocycles. The number of furan rings is 1. The largest absolute Gasteiger partial charge is 3.00 e. The molecule has 0 aliphatic rings. The van der Waals surface area contributed by atoms with Gasteiger partial charge in [0.15, 0.2) is 0 Å². The van der Waals surface area contributed by atoms with Crippen LogP contribution in [0.5, 0.6) is 0 Å². The second-order valence-corrected chi connectivity index (χ2v) is 38.5. The Hall–Kier alpha value is -5.19. The molecule has 10 heteroatoms. The van der Waals surface area contributed by atoms with Crippen molar-refractivity contribution in [3.05, 3.63) is 157 Å². The molecule has 0 radical (unpaired) electrons. The second-order valence-electron chi connectivity index (χ2n) is 22.8. The van der Waals surface area contributed by atoms with E-state index in [0.29, 0.717) is 16.7 Å². The number of aryl methyl sites for hydroxylation is 1. The zero-order chi connectivity index (χ0) is 54.4. The molecule has 5 heterocycles. The second kappa shape index (κ2) is 21.3. The van der Waals surface area contributed by atoms with E-state index < -0.39 is 40.0 Å². The molecule has 0 spiro atoms. The SMILES string of the molecule is CC(C)(C)c1n[c-]c(-c2cc[c]([Ge]([CH3])([CH3])[CH3])cn2)cn1.CC(C)(C)c1n[c-]c(-c2ccc([Si](C)(C)C)cn2)cn1.[2H]C([2H])([2H])c1ccc(-c2[c-]ccc3c2oc2c4ccccc4ccc32)cc1C([2H])([2H])C(C)(C)C.[Ir+3]. The van der Waals surface area contributed by atoms with Crippen molar-refractivity contribution in [1.82, 2.24) is 29.9 Å². The van der Waals surface area contributed by atoms with E-state index in [9.17, 15) is 0 Å². The quantitative estimate of drug-likeness (QED) is 0.121. The standard InChI is InChI=1S/C28H25O.C16H22GeN3.C16H22N3Si.Ir/c1-18-12-13-20(16-21(18)17-28(2,3)4)23-10-7-11-24-25-15-14-19-8-5-6-9-22(19)26(25)29-27(23)24;1-16(2,3)15-19-9-12(10-20-15)14-8-7-13(11-18-14)17(4,5)6;1-16(2,3)15-18-9-12(10-19-15)14-8-7-13(11-17-14)20(4,5)6;/h5-9,11-16H,17H2,1-4H3;2*7-9,11H,1-6H3;/q3*-1;+3/i1D3,17D2;;;. The summed E-state index contributed by atoms with van der Waals surface area (Å²) in [5.74, 6) is 8.71. The molecule has 0 unspecified atom stereocenters. The normalized spacial score (nSPS) is 13.7. The summed E-state index contributed by atoms with van der Waals surface area (Å²) >= 11 is -1.79. The van der Waals surface area contributed by atoms with Crippen molar-refractivity contribution in [2.75, 3.05) is 0 Å². The zero-order valence-electron chi connectivity index (χ0n) is 48.4. The van der Waals surface area contributed by atoms with Crippen molar-refractivity contribution < 1.29 is 31.4 Å². The summed E-state index contributed by atoms with van der Waals surface area (Å²) in [7, 11) is -1.29. The summed E-state index contributed by atoms with van der Waals surface area (Å²) in [5.41, 5.74) is 5.56. The Morgan fingerprint density at radius 3 is 1.74 bits per heavy atom. The van der Waals surface area contributed by atoms with Crippen LogP contribution < -0.4 is 9.58 Å². The van der Waals surface area contributed by atoms with Gasteiger partial charge in [0, 0.05) is 29.6 Å². The van der Waals surface area contributed by atoms with Crippen molar-refractivity contribution in [3.63, 3.8) is 0 Å². The Labute approximate surface area is 441 Å². The third-order valence-electron chi connectivity index (χ3n) is 11.5. The molecule has 0 bridgehead atoms. The number of hydrogen-bond acceptors (Lipinski definition) is 7. The summed E-state index contributed by atoms with van der Waals surface area (Å²) < 4.78 is 49.4. The van der Waals surface area contributed by atoms with E-state index in [-0.39, 0.29) is 42.1 Å². The average molecular weight is 1190 g/mol. The summed E-state index contributed by atoms with van der Waals surface area (Å²) in [6.45, 7) is 22.4. The van der Waals surface area contributed by atoms with Crippen LogP contribution in [0.2, 0.25) is 36.9 Å². The third-order valence-corrected chi connectivity index (χ3v) is 17.8. The van der Waals surface area contributed by atoms with Crippen LogP contribution in [0.4, 0.5) is 0 Å². The predicted molar refractivity (Wildman–Crippen MR) is 295 cm³/mol. The topological polar surface area (TPSA) is 90.5 Å². The first-order chi connectivity index (χ1) is 34.2. The number of fused-ring (bicyclic) bond motifs is 5. The average Bonchev–Trinajstić information content (AvgIpc) is 3.72. The van der Waals surface area contributed by atoms with Crippen LogP contribution in [0.1, 0.15) is 91.9 Å². The fraction of sp³-hybridized carbons (Fsp3) is 0.333. The maximum absolute atomic E-state index is 8.82. The van der Waals surface area contributed by atoms with Gasteiger partial charge in [-0.3, -0.25) is 0 Å². The summed E-state index contributed by atoms with van der Waals surface area (Å²) in [6, 6.07) is 32.6. The Kier molecular flexibility index (Phi) is 14.3. The fourth-order valence-corrected chi connectivity index (χ4v) is 10.7. The monoisotopic (exact) mass is 1190 g/mol. The van der Waals surface area contributed by atoms with Crippen molar-refractivity contribution in [1.29, 1.82) is 0 Å². The number of nitrogens with zero attached hydrogens (tertiary/aromatic N) is 6. The molecule has 7 nitrogen and oxygen atoms in total. The number of hydrogen-bond donors (Lipinski definition) is 0. The molecule has 362 valence electrons. The molecular formula is C60H69GeIrN6OSi.